The number of hydrogen-bond donors (Lipinski definition) is 3. The fraction of sp³-hybridized carbons (Fsp3) is 0. The molecule has 1 heterocycles. The van der Waals surface area contributed by atoms with Crippen LogP contribution in [0.2, 0.25) is 0 Å². The van der Waals surface area contributed by atoms with E-state index in [1.807, 2.05) is 36.4 Å². The molecule has 0 spiro atoms. The highest BCUT2D eigenvalue weighted by molar-refractivity contribution is 6.02. The van der Waals surface area contributed by atoms with E-state index in [2.05, 4.69) is 21.0 Å². The minimum Gasteiger partial charge on any atom is -0.308 e. The second kappa shape index (κ2) is 7.63. The van der Waals surface area contributed by atoms with E-state index < -0.39 is 0 Å². The number of amides is 3. The maximum Gasteiger partial charge on any atom is 0.347 e. The summed E-state index contributed by atoms with van der Waals surface area (Å²) in [6.45, 7) is 0. The summed E-state index contributed by atoms with van der Waals surface area (Å²) in [5.74, 6) is 0. The van der Waals surface area contributed by atoms with Crippen LogP contribution < -0.4 is 16.0 Å². The molecule has 3 amide bonds. The number of aromatic nitrogens is 2. The van der Waals surface area contributed by atoms with E-state index in [-0.39, 0.29) is 12.1 Å². The van der Waals surface area contributed by atoms with Crippen molar-refractivity contribution < 1.29 is 9.59 Å². The van der Waals surface area contributed by atoms with Crippen LogP contribution in [0, 0.1) is 0 Å². The van der Waals surface area contributed by atoms with Gasteiger partial charge >= 0.3 is 12.1 Å². The summed E-state index contributed by atoms with van der Waals surface area (Å²) in [6.07, 6.45) is 1.58. The molecule has 0 radical (unpaired) electrons. The van der Waals surface area contributed by atoms with Gasteiger partial charge in [-0.25, -0.2) is 9.59 Å². The summed E-state index contributed by atoms with van der Waals surface area (Å²) < 4.78 is 1.29. The van der Waals surface area contributed by atoms with Crippen molar-refractivity contribution in [2.75, 3.05) is 16.0 Å². The Morgan fingerprint density at radius 2 is 1.32 bits per heavy atom. The van der Waals surface area contributed by atoms with Crippen LogP contribution >= 0.6 is 0 Å². The zero-order valence-corrected chi connectivity index (χ0v) is 14.8. The van der Waals surface area contributed by atoms with Crippen molar-refractivity contribution in [3.63, 3.8) is 0 Å². The Kier molecular flexibility index (Phi) is 4.71. The SMILES string of the molecule is O=C(Nc1ccccc1)Nc1ccc2c(cnn2C(=O)Nc2ccccc2)c1. The van der Waals surface area contributed by atoms with Crippen molar-refractivity contribution in [1.29, 1.82) is 0 Å². The molecule has 0 saturated heterocycles. The Morgan fingerprint density at radius 1 is 0.714 bits per heavy atom. The number of nitrogens with zero attached hydrogens (tertiary/aromatic N) is 2. The van der Waals surface area contributed by atoms with Gasteiger partial charge in [-0.05, 0) is 42.5 Å². The molecule has 1 aromatic heterocycles. The number of nitrogens with one attached hydrogen (secondary N) is 3. The van der Waals surface area contributed by atoms with Gasteiger partial charge in [0, 0.05) is 22.4 Å². The molecule has 7 heteroatoms. The van der Waals surface area contributed by atoms with Crippen LogP contribution in [0.25, 0.3) is 10.9 Å². The van der Waals surface area contributed by atoms with E-state index in [1.165, 1.54) is 4.68 Å². The zero-order valence-electron chi connectivity index (χ0n) is 14.8. The van der Waals surface area contributed by atoms with Crippen molar-refractivity contribution in [2.24, 2.45) is 0 Å². The first-order valence-corrected chi connectivity index (χ1v) is 8.66. The minimum absolute atomic E-state index is 0.347. The third-order valence-corrected chi connectivity index (χ3v) is 4.07. The number of carbonyl (C=O) groups is 2. The number of carbonyl (C=O) groups excluding carboxylic acids is 2. The molecule has 3 N–H and O–H groups in total. The Hall–Kier alpha value is -4.13. The van der Waals surface area contributed by atoms with E-state index in [4.69, 9.17) is 0 Å². The lowest BCUT2D eigenvalue weighted by atomic mass is 10.2. The topological polar surface area (TPSA) is 88.1 Å². The van der Waals surface area contributed by atoms with E-state index >= 15 is 0 Å². The average molecular weight is 371 g/mol. The van der Waals surface area contributed by atoms with Crippen molar-refractivity contribution in [3.05, 3.63) is 85.1 Å². The van der Waals surface area contributed by atoms with Gasteiger partial charge in [-0.3, -0.25) is 0 Å². The van der Waals surface area contributed by atoms with Crippen LogP contribution in [0.15, 0.2) is 85.1 Å². The van der Waals surface area contributed by atoms with Gasteiger partial charge in [0.2, 0.25) is 0 Å². The lowest BCUT2D eigenvalue weighted by Gasteiger charge is -2.08. The molecule has 28 heavy (non-hydrogen) atoms. The first-order valence-electron chi connectivity index (χ1n) is 8.66. The van der Waals surface area contributed by atoms with Gasteiger partial charge in [0.05, 0.1) is 11.7 Å². The summed E-state index contributed by atoms with van der Waals surface area (Å²) in [7, 11) is 0. The molecule has 0 saturated carbocycles. The lowest BCUT2D eigenvalue weighted by Crippen LogP contribution is -2.20. The van der Waals surface area contributed by atoms with Gasteiger partial charge in [0.1, 0.15) is 0 Å². The van der Waals surface area contributed by atoms with Gasteiger partial charge in [0.15, 0.2) is 0 Å². The summed E-state index contributed by atoms with van der Waals surface area (Å²) in [5.41, 5.74) is 2.63. The van der Waals surface area contributed by atoms with Gasteiger partial charge < -0.3 is 16.0 Å². The molecule has 0 fully saturated rings. The molecule has 7 nitrogen and oxygen atoms in total. The highest BCUT2D eigenvalue weighted by Gasteiger charge is 2.12. The van der Waals surface area contributed by atoms with Crippen molar-refractivity contribution in [1.82, 2.24) is 9.78 Å². The van der Waals surface area contributed by atoms with Crippen molar-refractivity contribution >= 4 is 40.0 Å². The van der Waals surface area contributed by atoms with Crippen LogP contribution in [-0.2, 0) is 0 Å². The first-order chi connectivity index (χ1) is 13.7. The largest absolute Gasteiger partial charge is 0.347 e. The minimum atomic E-state index is -0.358. The number of fused-ring (bicyclic) bond motifs is 1. The monoisotopic (exact) mass is 371 g/mol. The third-order valence-electron chi connectivity index (χ3n) is 4.07. The molecular weight excluding hydrogens is 354 g/mol. The molecule has 0 atom stereocenters. The molecule has 0 aliphatic heterocycles. The smallest absolute Gasteiger partial charge is 0.308 e. The van der Waals surface area contributed by atoms with E-state index in [1.54, 1.807) is 48.7 Å². The number of benzene rings is 3. The molecule has 0 unspecified atom stereocenters. The van der Waals surface area contributed by atoms with E-state index in [0.29, 0.717) is 22.6 Å². The number of anilines is 3. The van der Waals surface area contributed by atoms with Crippen LogP contribution in [0.4, 0.5) is 26.7 Å². The maximum atomic E-state index is 12.5. The Morgan fingerprint density at radius 3 is 2.00 bits per heavy atom. The van der Waals surface area contributed by atoms with Crippen LogP contribution in [0.1, 0.15) is 0 Å². The molecule has 138 valence electrons. The lowest BCUT2D eigenvalue weighted by molar-refractivity contribution is 0.251. The van der Waals surface area contributed by atoms with Crippen LogP contribution in [0.3, 0.4) is 0 Å². The number of para-hydroxylation sites is 2. The summed E-state index contributed by atoms with van der Waals surface area (Å²) >= 11 is 0. The van der Waals surface area contributed by atoms with Crippen molar-refractivity contribution in [3.8, 4) is 0 Å². The van der Waals surface area contributed by atoms with Crippen molar-refractivity contribution in [2.45, 2.75) is 0 Å². The summed E-state index contributed by atoms with van der Waals surface area (Å²) in [5, 5.41) is 13.2. The molecule has 0 bridgehead atoms. The second-order valence-corrected chi connectivity index (χ2v) is 6.07. The quantitative estimate of drug-likeness (QED) is 0.485. The summed E-state index contributed by atoms with van der Waals surface area (Å²) in [6, 6.07) is 22.9. The molecule has 3 aromatic carbocycles. The highest BCUT2D eigenvalue weighted by atomic mass is 16.2. The molecular formula is C21H17N5O2. The molecule has 0 aliphatic carbocycles. The summed E-state index contributed by atoms with van der Waals surface area (Å²) in [4.78, 5) is 24.6. The fourth-order valence-corrected chi connectivity index (χ4v) is 2.79. The standard InChI is InChI=1S/C21H17N5O2/c27-20(23-16-7-3-1-4-8-16)24-18-11-12-19-15(13-18)14-22-26(19)21(28)25-17-9-5-2-6-10-17/h1-14H,(H,25,28)(H2,23,24,27). The van der Waals surface area contributed by atoms with Gasteiger partial charge in [-0.2, -0.15) is 9.78 Å². The molecule has 4 rings (SSSR count). The Balaban J connectivity index is 1.48. The van der Waals surface area contributed by atoms with Gasteiger partial charge in [-0.15, -0.1) is 0 Å². The zero-order chi connectivity index (χ0) is 19.3. The van der Waals surface area contributed by atoms with Gasteiger partial charge in [0.25, 0.3) is 0 Å². The van der Waals surface area contributed by atoms with E-state index in [9.17, 15) is 9.59 Å². The number of urea groups is 1. The normalized spacial score (nSPS) is 10.4. The average Bonchev–Trinajstić information content (AvgIpc) is 3.13. The Bertz CT molecular complexity index is 1120. The molecule has 0 aliphatic rings. The fourth-order valence-electron chi connectivity index (χ4n) is 2.79. The van der Waals surface area contributed by atoms with E-state index in [0.717, 1.165) is 5.39 Å². The predicted octanol–water partition coefficient (Wildman–Crippen LogP) is 4.76. The highest BCUT2D eigenvalue weighted by Crippen LogP contribution is 2.20. The first kappa shape index (κ1) is 17.3. The Labute approximate surface area is 161 Å². The maximum absolute atomic E-state index is 12.5. The second-order valence-electron chi connectivity index (χ2n) is 6.07. The number of hydrogen-bond acceptors (Lipinski definition) is 3. The molecule has 4 aromatic rings. The van der Waals surface area contributed by atoms with Gasteiger partial charge in [-0.1, -0.05) is 36.4 Å². The van der Waals surface area contributed by atoms with Crippen LogP contribution in [-0.4, -0.2) is 21.8 Å². The third kappa shape index (κ3) is 3.83. The number of rotatable bonds is 3. The predicted molar refractivity (Wildman–Crippen MR) is 110 cm³/mol. The van der Waals surface area contributed by atoms with Crippen LogP contribution in [0.5, 0.6) is 0 Å².